The largest absolute Gasteiger partial charge is 0.457 e. The molecular formula is C19H14N4O4S2. The van der Waals surface area contributed by atoms with E-state index in [1.54, 1.807) is 30.3 Å². The lowest BCUT2D eigenvalue weighted by molar-refractivity contribution is -0.384. The number of ketones is 1. The molecule has 1 aliphatic heterocycles. The number of nitro groups is 1. The number of nitro benzene ring substituents is 1. The minimum absolute atomic E-state index is 0.0277. The van der Waals surface area contributed by atoms with Gasteiger partial charge in [-0.25, -0.2) is 0 Å². The van der Waals surface area contributed by atoms with Crippen LogP contribution in [0.25, 0.3) is 17.4 Å². The number of hydrogen-bond acceptors (Lipinski definition) is 9. The van der Waals surface area contributed by atoms with Crippen LogP contribution in [0.1, 0.15) is 28.6 Å². The molecule has 8 nitrogen and oxygen atoms in total. The Morgan fingerprint density at radius 2 is 2.14 bits per heavy atom. The molecule has 10 heteroatoms. The van der Waals surface area contributed by atoms with Gasteiger partial charge in [0.1, 0.15) is 27.5 Å². The maximum Gasteiger partial charge on any atom is 0.270 e. The van der Waals surface area contributed by atoms with Crippen molar-refractivity contribution >= 4 is 45.7 Å². The van der Waals surface area contributed by atoms with Crippen molar-refractivity contribution in [3.05, 3.63) is 67.2 Å². The molecule has 1 aromatic carbocycles. The molecule has 0 spiro atoms. The summed E-state index contributed by atoms with van der Waals surface area (Å²) in [7, 11) is 0. The van der Waals surface area contributed by atoms with Gasteiger partial charge in [-0.05, 0) is 24.6 Å². The number of thioether (sulfide) groups is 1. The number of Topliss-reactive ketones (excluding diaryl/α,β-unsaturated/α-hetero) is 1. The average Bonchev–Trinajstić information content (AvgIpc) is 3.42. The number of non-ortho nitro benzene ring substituents is 1. The van der Waals surface area contributed by atoms with Crippen molar-refractivity contribution in [2.45, 2.75) is 19.3 Å². The molecule has 0 saturated carbocycles. The van der Waals surface area contributed by atoms with Crippen LogP contribution < -0.4 is 0 Å². The van der Waals surface area contributed by atoms with Crippen LogP contribution in [-0.4, -0.2) is 25.9 Å². The Morgan fingerprint density at radius 3 is 2.86 bits per heavy atom. The number of rotatable bonds is 5. The number of carbonyl (C=O) groups excluding carboxylic acids is 1. The van der Waals surface area contributed by atoms with Gasteiger partial charge in [0.05, 0.1) is 14.9 Å². The van der Waals surface area contributed by atoms with Gasteiger partial charge in [0.15, 0.2) is 5.78 Å². The Bertz CT molecular complexity index is 1160. The number of nitrogens with one attached hydrogen (secondary N) is 1. The third-order valence-electron chi connectivity index (χ3n) is 4.26. The van der Waals surface area contributed by atoms with Crippen LogP contribution in [0.3, 0.4) is 0 Å². The predicted octanol–water partition coefficient (Wildman–Crippen LogP) is 4.69. The van der Waals surface area contributed by atoms with Crippen molar-refractivity contribution in [1.29, 1.82) is 5.41 Å². The number of allylic oxidation sites excluding steroid dienone is 1. The van der Waals surface area contributed by atoms with E-state index < -0.39 is 10.8 Å². The minimum atomic E-state index is -0.713. The summed E-state index contributed by atoms with van der Waals surface area (Å²) >= 11 is 2.43. The van der Waals surface area contributed by atoms with Crippen LogP contribution in [0.5, 0.6) is 0 Å². The lowest BCUT2D eigenvalue weighted by Gasteiger charge is -2.00. The Hall–Kier alpha value is -3.11. The van der Waals surface area contributed by atoms with Crippen LogP contribution in [0.15, 0.2) is 45.7 Å². The number of furan rings is 1. The molecule has 3 heterocycles. The molecular weight excluding hydrogens is 412 g/mol. The van der Waals surface area contributed by atoms with E-state index in [0.29, 0.717) is 27.0 Å². The Kier molecular flexibility index (Phi) is 5.12. The first-order valence-electron chi connectivity index (χ1n) is 8.65. The first-order chi connectivity index (χ1) is 14.0. The molecule has 146 valence electrons. The van der Waals surface area contributed by atoms with Gasteiger partial charge in [0.25, 0.3) is 5.69 Å². The maximum atomic E-state index is 12.8. The van der Waals surface area contributed by atoms with Crippen molar-refractivity contribution in [2.24, 2.45) is 0 Å². The van der Waals surface area contributed by atoms with E-state index in [-0.39, 0.29) is 16.5 Å². The van der Waals surface area contributed by atoms with Crippen LogP contribution in [0.4, 0.5) is 5.69 Å². The number of nitrogens with zero attached hydrogens (tertiary/aromatic N) is 3. The van der Waals surface area contributed by atoms with Gasteiger partial charge >= 0.3 is 0 Å². The van der Waals surface area contributed by atoms with Crippen molar-refractivity contribution in [1.82, 2.24) is 10.2 Å². The highest BCUT2D eigenvalue weighted by atomic mass is 32.2. The SMILES string of the molecule is CCc1nnc([C@@H]2C(=N)S/C(=C\c3ccc(-c4cccc([N+](=O)[O-])c4)o3)C2=O)s1. The smallest absolute Gasteiger partial charge is 0.270 e. The maximum absolute atomic E-state index is 12.8. The van der Waals surface area contributed by atoms with E-state index in [0.717, 1.165) is 23.2 Å². The fourth-order valence-corrected chi connectivity index (χ4v) is 4.76. The van der Waals surface area contributed by atoms with Crippen molar-refractivity contribution < 1.29 is 14.1 Å². The highest BCUT2D eigenvalue weighted by molar-refractivity contribution is 8.19. The summed E-state index contributed by atoms with van der Waals surface area (Å²) in [6.07, 6.45) is 2.32. The molecule has 1 saturated heterocycles. The standard InChI is InChI=1S/C19H14N4O4S2/c1-2-15-21-22-19(29-15)16-17(24)14(28-18(16)20)9-12-6-7-13(27-12)10-4-3-5-11(8-10)23(25)26/h3-9,16,20H,2H2,1H3/b14-9-,20-18?/t16-/m0/s1. The number of aryl methyl sites for hydroxylation is 1. The lowest BCUT2D eigenvalue weighted by Crippen LogP contribution is -2.11. The fourth-order valence-electron chi connectivity index (χ4n) is 2.83. The summed E-state index contributed by atoms with van der Waals surface area (Å²) in [6, 6.07) is 9.51. The van der Waals surface area contributed by atoms with E-state index in [2.05, 4.69) is 10.2 Å². The normalized spacial score (nSPS) is 18.0. The van der Waals surface area contributed by atoms with Gasteiger partial charge in [-0.2, -0.15) is 0 Å². The summed E-state index contributed by atoms with van der Waals surface area (Å²) in [5.74, 6) is -0.0241. The molecule has 1 N–H and O–H groups in total. The molecule has 2 aromatic heterocycles. The molecule has 0 radical (unpaired) electrons. The second-order valence-corrected chi connectivity index (χ2v) is 8.35. The van der Waals surface area contributed by atoms with Crippen LogP contribution in [-0.2, 0) is 11.2 Å². The van der Waals surface area contributed by atoms with Gasteiger partial charge in [-0.1, -0.05) is 30.8 Å². The molecule has 0 bridgehead atoms. The van der Waals surface area contributed by atoms with Gasteiger partial charge in [-0.15, -0.1) is 21.5 Å². The minimum Gasteiger partial charge on any atom is -0.457 e. The molecule has 0 unspecified atom stereocenters. The number of carbonyl (C=O) groups is 1. The van der Waals surface area contributed by atoms with Gasteiger partial charge in [0.2, 0.25) is 0 Å². The van der Waals surface area contributed by atoms with Crippen molar-refractivity contribution in [3.63, 3.8) is 0 Å². The summed E-state index contributed by atoms with van der Waals surface area (Å²) in [5.41, 5.74) is 0.543. The van der Waals surface area contributed by atoms with E-state index in [4.69, 9.17) is 9.83 Å². The molecule has 3 aromatic rings. The monoisotopic (exact) mass is 426 g/mol. The van der Waals surface area contributed by atoms with Gasteiger partial charge < -0.3 is 4.42 Å². The van der Waals surface area contributed by atoms with E-state index >= 15 is 0 Å². The first-order valence-corrected chi connectivity index (χ1v) is 10.3. The second kappa shape index (κ2) is 7.72. The predicted molar refractivity (Wildman–Crippen MR) is 111 cm³/mol. The van der Waals surface area contributed by atoms with Crippen LogP contribution in [0.2, 0.25) is 0 Å². The molecule has 1 fully saturated rings. The van der Waals surface area contributed by atoms with Crippen molar-refractivity contribution in [2.75, 3.05) is 0 Å². The Labute approximate surface area is 173 Å². The van der Waals surface area contributed by atoms with E-state index in [9.17, 15) is 14.9 Å². The van der Waals surface area contributed by atoms with Crippen LogP contribution >= 0.6 is 23.1 Å². The number of hydrogen-bond donors (Lipinski definition) is 1. The lowest BCUT2D eigenvalue weighted by atomic mass is 10.1. The number of benzene rings is 1. The van der Waals surface area contributed by atoms with Crippen molar-refractivity contribution in [3.8, 4) is 11.3 Å². The molecule has 29 heavy (non-hydrogen) atoms. The quantitative estimate of drug-likeness (QED) is 0.357. The Balaban J connectivity index is 1.59. The van der Waals surface area contributed by atoms with Gasteiger partial charge in [-0.3, -0.25) is 20.3 Å². The second-order valence-electron chi connectivity index (χ2n) is 6.17. The first kappa shape index (κ1) is 19.2. The number of aromatic nitrogens is 2. The summed E-state index contributed by atoms with van der Waals surface area (Å²) < 4.78 is 5.75. The zero-order valence-corrected chi connectivity index (χ0v) is 16.8. The molecule has 1 atom stereocenters. The van der Waals surface area contributed by atoms with Gasteiger partial charge in [0, 0.05) is 17.7 Å². The summed E-state index contributed by atoms with van der Waals surface area (Å²) in [6.45, 7) is 1.96. The zero-order valence-electron chi connectivity index (χ0n) is 15.1. The third-order valence-corrected chi connectivity index (χ3v) is 6.39. The van der Waals surface area contributed by atoms with E-state index in [1.165, 1.54) is 23.5 Å². The molecule has 4 rings (SSSR count). The van der Waals surface area contributed by atoms with Crippen LogP contribution in [0, 0.1) is 15.5 Å². The highest BCUT2D eigenvalue weighted by Crippen LogP contribution is 2.41. The fraction of sp³-hybridized carbons (Fsp3) is 0.158. The molecule has 0 amide bonds. The molecule has 0 aliphatic carbocycles. The Morgan fingerprint density at radius 1 is 1.31 bits per heavy atom. The summed E-state index contributed by atoms with van der Waals surface area (Å²) in [4.78, 5) is 23.7. The zero-order chi connectivity index (χ0) is 20.5. The third kappa shape index (κ3) is 3.76. The van der Waals surface area contributed by atoms with E-state index in [1.807, 2.05) is 6.92 Å². The highest BCUT2D eigenvalue weighted by Gasteiger charge is 2.39. The summed E-state index contributed by atoms with van der Waals surface area (Å²) in [5, 5.41) is 28.8. The molecule has 1 aliphatic rings. The average molecular weight is 426 g/mol. The topological polar surface area (TPSA) is 123 Å².